The zero-order chi connectivity index (χ0) is 19.5. The highest BCUT2D eigenvalue weighted by Gasteiger charge is 2.24. The third-order valence-electron chi connectivity index (χ3n) is 4.89. The summed E-state index contributed by atoms with van der Waals surface area (Å²) < 4.78 is 2.26. The fourth-order valence-corrected chi connectivity index (χ4v) is 3.63. The summed E-state index contributed by atoms with van der Waals surface area (Å²) in [7, 11) is 0. The number of nitrogens with one attached hydrogen (secondary N) is 1. The minimum atomic E-state index is 0.144. The number of benzene rings is 1. The molecule has 0 aliphatic rings. The standard InChI is InChI=1S/C23H25N5/c1-16(2)12-21(19-10-7-11-24-14-19)28-15-25-22(18-8-5-4-6-9-18)23(28)20-13-17(3)26-27-20/h4-11,13-16,21H,12H2,1-3H3,(H,26,27)/t21-/m1/s1. The van der Waals surface area contributed by atoms with E-state index in [4.69, 9.17) is 4.98 Å². The summed E-state index contributed by atoms with van der Waals surface area (Å²) >= 11 is 0. The number of rotatable bonds is 6. The topological polar surface area (TPSA) is 59.4 Å². The maximum absolute atomic E-state index is 4.81. The van der Waals surface area contributed by atoms with E-state index in [0.29, 0.717) is 5.92 Å². The van der Waals surface area contributed by atoms with E-state index in [0.717, 1.165) is 34.8 Å². The lowest BCUT2D eigenvalue weighted by molar-refractivity contribution is 0.453. The maximum Gasteiger partial charge on any atom is 0.111 e. The van der Waals surface area contributed by atoms with Gasteiger partial charge in [-0.15, -0.1) is 0 Å². The molecule has 3 heterocycles. The Morgan fingerprint density at radius 3 is 2.54 bits per heavy atom. The number of hydrogen-bond acceptors (Lipinski definition) is 3. The second kappa shape index (κ2) is 7.80. The average molecular weight is 371 g/mol. The molecule has 28 heavy (non-hydrogen) atoms. The van der Waals surface area contributed by atoms with Crippen LogP contribution in [0, 0.1) is 12.8 Å². The number of pyridine rings is 1. The van der Waals surface area contributed by atoms with E-state index in [1.165, 1.54) is 5.56 Å². The van der Waals surface area contributed by atoms with Crippen LogP contribution in [0.4, 0.5) is 0 Å². The van der Waals surface area contributed by atoms with Crippen molar-refractivity contribution in [3.8, 4) is 22.6 Å². The van der Waals surface area contributed by atoms with Gasteiger partial charge in [0.1, 0.15) is 5.69 Å². The summed E-state index contributed by atoms with van der Waals surface area (Å²) in [5.74, 6) is 0.529. The van der Waals surface area contributed by atoms with Crippen LogP contribution in [-0.4, -0.2) is 24.7 Å². The van der Waals surface area contributed by atoms with Crippen molar-refractivity contribution >= 4 is 0 Å². The fourth-order valence-electron chi connectivity index (χ4n) is 3.63. The minimum Gasteiger partial charge on any atom is -0.321 e. The van der Waals surface area contributed by atoms with E-state index >= 15 is 0 Å². The third kappa shape index (κ3) is 3.60. The van der Waals surface area contributed by atoms with E-state index < -0.39 is 0 Å². The van der Waals surface area contributed by atoms with Gasteiger partial charge >= 0.3 is 0 Å². The Kier molecular flexibility index (Phi) is 5.06. The first-order valence-electron chi connectivity index (χ1n) is 9.68. The van der Waals surface area contributed by atoms with Crippen molar-refractivity contribution in [2.45, 2.75) is 33.2 Å². The van der Waals surface area contributed by atoms with Gasteiger partial charge in [-0.3, -0.25) is 10.1 Å². The van der Waals surface area contributed by atoms with Crippen molar-refractivity contribution < 1.29 is 0 Å². The summed E-state index contributed by atoms with van der Waals surface area (Å²) in [5, 5.41) is 7.64. The van der Waals surface area contributed by atoms with Gasteiger partial charge in [0.2, 0.25) is 0 Å². The molecule has 1 N–H and O–H groups in total. The molecule has 0 bridgehead atoms. The molecule has 3 aromatic heterocycles. The molecule has 0 amide bonds. The Morgan fingerprint density at radius 1 is 1.07 bits per heavy atom. The van der Waals surface area contributed by atoms with E-state index in [2.05, 4.69) is 57.9 Å². The van der Waals surface area contributed by atoms with Gasteiger partial charge in [-0.1, -0.05) is 50.2 Å². The van der Waals surface area contributed by atoms with Crippen molar-refractivity contribution in [2.24, 2.45) is 5.92 Å². The molecule has 4 aromatic rings. The Bertz CT molecular complexity index is 1030. The van der Waals surface area contributed by atoms with Crippen LogP contribution in [0.3, 0.4) is 0 Å². The van der Waals surface area contributed by atoms with Crippen LogP contribution in [-0.2, 0) is 0 Å². The van der Waals surface area contributed by atoms with Gasteiger partial charge in [0.25, 0.3) is 0 Å². The molecule has 0 aliphatic carbocycles. The van der Waals surface area contributed by atoms with Gasteiger partial charge < -0.3 is 4.57 Å². The fraction of sp³-hybridized carbons (Fsp3) is 0.261. The molecule has 0 saturated heterocycles. The van der Waals surface area contributed by atoms with E-state index in [-0.39, 0.29) is 6.04 Å². The van der Waals surface area contributed by atoms with E-state index in [1.807, 2.05) is 49.9 Å². The molecule has 1 aromatic carbocycles. The molecule has 0 radical (unpaired) electrons. The molecule has 5 heteroatoms. The highest BCUT2D eigenvalue weighted by Crippen LogP contribution is 2.36. The van der Waals surface area contributed by atoms with Gasteiger partial charge in [-0.25, -0.2) is 4.98 Å². The largest absolute Gasteiger partial charge is 0.321 e. The SMILES string of the molecule is Cc1cc(-c2c(-c3ccccc3)ncn2[C@H](CC(C)C)c2cccnc2)n[nH]1. The minimum absolute atomic E-state index is 0.144. The van der Waals surface area contributed by atoms with E-state index in [9.17, 15) is 0 Å². The Labute approximate surface area is 165 Å². The van der Waals surface area contributed by atoms with Crippen molar-refractivity contribution in [3.05, 3.63) is 78.5 Å². The first kappa shape index (κ1) is 18.2. The second-order valence-corrected chi connectivity index (χ2v) is 7.58. The lowest BCUT2D eigenvalue weighted by atomic mass is 9.97. The van der Waals surface area contributed by atoms with Crippen molar-refractivity contribution in [1.29, 1.82) is 0 Å². The van der Waals surface area contributed by atoms with Crippen LogP contribution in [0.1, 0.15) is 37.6 Å². The number of H-pyrrole nitrogens is 1. The zero-order valence-corrected chi connectivity index (χ0v) is 16.5. The molecule has 142 valence electrons. The summed E-state index contributed by atoms with van der Waals surface area (Å²) in [6, 6.07) is 16.7. The number of aryl methyl sites for hydroxylation is 1. The first-order chi connectivity index (χ1) is 13.6. The third-order valence-corrected chi connectivity index (χ3v) is 4.89. The molecule has 0 aliphatic heterocycles. The highest BCUT2D eigenvalue weighted by atomic mass is 15.2. The number of nitrogens with zero attached hydrogens (tertiary/aromatic N) is 4. The zero-order valence-electron chi connectivity index (χ0n) is 16.5. The molecule has 5 nitrogen and oxygen atoms in total. The van der Waals surface area contributed by atoms with Crippen LogP contribution in [0.15, 0.2) is 67.3 Å². The van der Waals surface area contributed by atoms with Gasteiger partial charge in [0.05, 0.1) is 23.8 Å². The molecule has 0 spiro atoms. The van der Waals surface area contributed by atoms with Crippen LogP contribution in [0.25, 0.3) is 22.6 Å². The molecule has 0 fully saturated rings. The highest BCUT2D eigenvalue weighted by molar-refractivity contribution is 5.77. The molecular formula is C23H25N5. The van der Waals surface area contributed by atoms with Crippen LogP contribution < -0.4 is 0 Å². The van der Waals surface area contributed by atoms with Crippen molar-refractivity contribution in [2.75, 3.05) is 0 Å². The summed E-state index contributed by atoms with van der Waals surface area (Å²) in [6.45, 7) is 6.51. The number of hydrogen-bond donors (Lipinski definition) is 1. The number of imidazole rings is 1. The number of aromatic amines is 1. The number of aromatic nitrogens is 5. The van der Waals surface area contributed by atoms with Gasteiger partial charge in [-0.05, 0) is 37.0 Å². The smallest absolute Gasteiger partial charge is 0.111 e. The van der Waals surface area contributed by atoms with E-state index in [1.54, 1.807) is 0 Å². The molecule has 0 unspecified atom stereocenters. The normalized spacial score (nSPS) is 12.4. The monoisotopic (exact) mass is 371 g/mol. The Hall–Kier alpha value is -3.21. The molecule has 4 rings (SSSR count). The van der Waals surface area contributed by atoms with Crippen LogP contribution in [0.2, 0.25) is 0 Å². The lowest BCUT2D eigenvalue weighted by Gasteiger charge is -2.23. The lowest BCUT2D eigenvalue weighted by Crippen LogP contribution is -2.14. The second-order valence-electron chi connectivity index (χ2n) is 7.58. The summed E-state index contributed by atoms with van der Waals surface area (Å²) in [5.41, 5.74) is 6.19. The van der Waals surface area contributed by atoms with Crippen LogP contribution >= 0.6 is 0 Å². The quantitative estimate of drug-likeness (QED) is 0.502. The Morgan fingerprint density at radius 2 is 1.89 bits per heavy atom. The van der Waals surface area contributed by atoms with Gasteiger partial charge in [0, 0.05) is 23.7 Å². The molecule has 0 saturated carbocycles. The van der Waals surface area contributed by atoms with Crippen LogP contribution in [0.5, 0.6) is 0 Å². The van der Waals surface area contributed by atoms with Gasteiger partial charge in [-0.2, -0.15) is 5.10 Å². The Balaban J connectivity index is 1.91. The maximum atomic E-state index is 4.81. The van der Waals surface area contributed by atoms with Crippen molar-refractivity contribution in [3.63, 3.8) is 0 Å². The van der Waals surface area contributed by atoms with Gasteiger partial charge in [0.15, 0.2) is 0 Å². The summed E-state index contributed by atoms with van der Waals surface area (Å²) in [6.07, 6.45) is 6.71. The predicted octanol–water partition coefficient (Wildman–Crippen LogP) is 5.28. The predicted molar refractivity (Wildman–Crippen MR) is 112 cm³/mol. The summed E-state index contributed by atoms with van der Waals surface area (Å²) in [4.78, 5) is 9.17. The van der Waals surface area contributed by atoms with Crippen molar-refractivity contribution in [1.82, 2.24) is 24.7 Å². The molecular weight excluding hydrogens is 346 g/mol. The average Bonchev–Trinajstić information content (AvgIpc) is 3.33. The molecule has 1 atom stereocenters. The first-order valence-corrected chi connectivity index (χ1v) is 9.68.